The molecule has 0 saturated carbocycles. The van der Waals surface area contributed by atoms with Crippen LogP contribution in [0.1, 0.15) is 18.1 Å². The highest BCUT2D eigenvalue weighted by atomic mass is 79.9. The summed E-state index contributed by atoms with van der Waals surface area (Å²) in [7, 11) is 0. The second kappa shape index (κ2) is 6.78. The van der Waals surface area contributed by atoms with Crippen molar-refractivity contribution in [3.05, 3.63) is 61.5 Å². The Morgan fingerprint density at radius 3 is 2.42 bits per heavy atom. The van der Waals surface area contributed by atoms with Crippen molar-refractivity contribution >= 4 is 43.5 Å². The molecular formula is C15H13Br2ClO. The summed E-state index contributed by atoms with van der Waals surface area (Å²) in [4.78, 5) is 0. The van der Waals surface area contributed by atoms with Crippen molar-refractivity contribution in [1.82, 2.24) is 0 Å². The third kappa shape index (κ3) is 3.98. The molecule has 0 amide bonds. The smallest absolute Gasteiger partial charge is 0.119 e. The van der Waals surface area contributed by atoms with Gasteiger partial charge in [-0.3, -0.25) is 0 Å². The highest BCUT2D eigenvalue weighted by molar-refractivity contribution is 9.11. The van der Waals surface area contributed by atoms with Crippen LogP contribution in [0.3, 0.4) is 0 Å². The maximum Gasteiger partial charge on any atom is 0.119 e. The van der Waals surface area contributed by atoms with Crippen molar-refractivity contribution in [2.24, 2.45) is 0 Å². The van der Waals surface area contributed by atoms with E-state index in [1.807, 2.05) is 31.2 Å². The van der Waals surface area contributed by atoms with Crippen LogP contribution in [0.15, 0.2) is 45.3 Å². The summed E-state index contributed by atoms with van der Waals surface area (Å²) in [6.45, 7) is 2.66. The molecule has 2 aromatic carbocycles. The molecule has 0 unspecified atom stereocenters. The van der Waals surface area contributed by atoms with Gasteiger partial charge in [0, 0.05) is 8.95 Å². The van der Waals surface area contributed by atoms with E-state index in [4.69, 9.17) is 16.3 Å². The van der Waals surface area contributed by atoms with Gasteiger partial charge in [0.25, 0.3) is 0 Å². The second-order valence-corrected chi connectivity index (χ2v) is 6.26. The molecule has 2 aromatic rings. The molecule has 1 nitrogen and oxygen atoms in total. The Balaban J connectivity index is 2.21. The van der Waals surface area contributed by atoms with Crippen LogP contribution in [0.2, 0.25) is 5.02 Å². The summed E-state index contributed by atoms with van der Waals surface area (Å²) in [6, 6.07) is 12.1. The highest BCUT2D eigenvalue weighted by Gasteiger charge is 2.07. The molecule has 0 saturated heterocycles. The summed E-state index contributed by atoms with van der Waals surface area (Å²) in [6.07, 6.45) is 0.795. The second-order valence-electron chi connectivity index (χ2n) is 4.11. The van der Waals surface area contributed by atoms with E-state index in [1.54, 1.807) is 0 Å². The maximum absolute atomic E-state index is 6.30. The van der Waals surface area contributed by atoms with Gasteiger partial charge in [-0.25, -0.2) is 0 Å². The van der Waals surface area contributed by atoms with Crippen LogP contribution in [0.5, 0.6) is 5.75 Å². The molecule has 2 rings (SSSR count). The molecule has 0 fully saturated rings. The van der Waals surface area contributed by atoms with Gasteiger partial charge in [0.15, 0.2) is 0 Å². The zero-order valence-electron chi connectivity index (χ0n) is 10.4. The molecule has 0 aliphatic rings. The summed E-state index contributed by atoms with van der Waals surface area (Å²) in [5, 5.41) is 0.761. The van der Waals surface area contributed by atoms with Crippen molar-refractivity contribution < 1.29 is 4.74 Å². The van der Waals surface area contributed by atoms with Crippen LogP contribution < -0.4 is 4.74 Å². The number of benzene rings is 2. The number of ether oxygens (including phenoxy) is 1. The van der Waals surface area contributed by atoms with Crippen LogP contribution in [0.25, 0.3) is 0 Å². The fourth-order valence-corrected chi connectivity index (χ4v) is 3.32. The van der Waals surface area contributed by atoms with E-state index >= 15 is 0 Å². The van der Waals surface area contributed by atoms with Gasteiger partial charge in [0.05, 0.1) is 11.6 Å². The van der Waals surface area contributed by atoms with Crippen LogP contribution in [0.4, 0.5) is 0 Å². The van der Waals surface area contributed by atoms with E-state index < -0.39 is 0 Å². The van der Waals surface area contributed by atoms with Crippen LogP contribution in [0, 0.1) is 0 Å². The topological polar surface area (TPSA) is 9.23 Å². The largest absolute Gasteiger partial charge is 0.494 e. The van der Waals surface area contributed by atoms with E-state index in [0.717, 1.165) is 31.7 Å². The van der Waals surface area contributed by atoms with Gasteiger partial charge in [-0.2, -0.15) is 0 Å². The minimum Gasteiger partial charge on any atom is -0.494 e. The van der Waals surface area contributed by atoms with Crippen molar-refractivity contribution in [3.63, 3.8) is 0 Å². The summed E-state index contributed by atoms with van der Waals surface area (Å²) >= 11 is 13.2. The minimum atomic E-state index is 0.684. The first-order valence-corrected chi connectivity index (χ1v) is 7.91. The zero-order chi connectivity index (χ0) is 13.8. The average Bonchev–Trinajstić information content (AvgIpc) is 2.38. The molecular weight excluding hydrogens is 391 g/mol. The van der Waals surface area contributed by atoms with E-state index in [9.17, 15) is 0 Å². The van der Waals surface area contributed by atoms with Gasteiger partial charge in [0.2, 0.25) is 0 Å². The third-order valence-corrected chi connectivity index (χ3v) is 4.46. The lowest BCUT2D eigenvalue weighted by molar-refractivity contribution is 0.340. The summed E-state index contributed by atoms with van der Waals surface area (Å²) in [5.74, 6) is 0.896. The monoisotopic (exact) mass is 402 g/mol. The normalized spacial score (nSPS) is 10.5. The molecule has 0 aromatic heterocycles. The minimum absolute atomic E-state index is 0.684. The van der Waals surface area contributed by atoms with Crippen molar-refractivity contribution in [2.75, 3.05) is 6.61 Å². The summed E-state index contributed by atoms with van der Waals surface area (Å²) in [5.41, 5.74) is 2.29. The van der Waals surface area contributed by atoms with E-state index in [1.165, 1.54) is 5.56 Å². The Kier molecular flexibility index (Phi) is 5.31. The molecule has 0 atom stereocenters. The lowest BCUT2D eigenvalue weighted by atomic mass is 10.1. The van der Waals surface area contributed by atoms with Gasteiger partial charge in [-0.15, -0.1) is 0 Å². The molecule has 0 N–H and O–H groups in total. The van der Waals surface area contributed by atoms with Gasteiger partial charge >= 0.3 is 0 Å². The van der Waals surface area contributed by atoms with Gasteiger partial charge < -0.3 is 4.74 Å². The standard InChI is InChI=1S/C15H13Br2ClO/c1-2-19-13-5-3-10(4-6-13)7-11-8-12(16)9-14(17)15(11)18/h3-6,8-9H,2,7H2,1H3. The Bertz CT molecular complexity index is 567. The van der Waals surface area contributed by atoms with Crippen LogP contribution >= 0.6 is 43.5 Å². The lowest BCUT2D eigenvalue weighted by Gasteiger charge is -2.08. The molecule has 0 bridgehead atoms. The Labute approximate surface area is 135 Å². The predicted octanol–water partition coefficient (Wildman–Crippen LogP) is 5.85. The number of hydrogen-bond acceptors (Lipinski definition) is 1. The molecule has 0 aliphatic heterocycles. The van der Waals surface area contributed by atoms with Crippen molar-refractivity contribution in [2.45, 2.75) is 13.3 Å². The molecule has 0 heterocycles. The van der Waals surface area contributed by atoms with Crippen LogP contribution in [-0.2, 0) is 6.42 Å². The predicted molar refractivity (Wildman–Crippen MR) is 87.3 cm³/mol. The van der Waals surface area contributed by atoms with E-state index in [2.05, 4.69) is 44.0 Å². The van der Waals surface area contributed by atoms with Crippen molar-refractivity contribution in [1.29, 1.82) is 0 Å². The van der Waals surface area contributed by atoms with E-state index in [0.29, 0.717) is 6.61 Å². The van der Waals surface area contributed by atoms with Gasteiger partial charge in [-0.1, -0.05) is 39.7 Å². The zero-order valence-corrected chi connectivity index (χ0v) is 14.3. The number of rotatable bonds is 4. The fraction of sp³-hybridized carbons (Fsp3) is 0.200. The molecule has 100 valence electrons. The molecule has 0 spiro atoms. The third-order valence-electron chi connectivity index (χ3n) is 2.70. The van der Waals surface area contributed by atoms with Gasteiger partial charge in [0.1, 0.15) is 5.75 Å². The quantitative estimate of drug-likeness (QED) is 0.581. The Hall–Kier alpha value is -0.510. The SMILES string of the molecule is CCOc1ccc(Cc2cc(Br)cc(Br)c2Cl)cc1. The lowest BCUT2D eigenvalue weighted by Crippen LogP contribution is -1.93. The highest BCUT2D eigenvalue weighted by Crippen LogP contribution is 2.31. The maximum atomic E-state index is 6.30. The summed E-state index contributed by atoms with van der Waals surface area (Å²) < 4.78 is 7.36. The molecule has 0 radical (unpaired) electrons. The van der Waals surface area contributed by atoms with Gasteiger partial charge in [-0.05, 0) is 64.7 Å². The Morgan fingerprint density at radius 2 is 1.79 bits per heavy atom. The Morgan fingerprint density at radius 1 is 1.11 bits per heavy atom. The first-order chi connectivity index (χ1) is 9.10. The first-order valence-electron chi connectivity index (χ1n) is 5.95. The number of hydrogen-bond donors (Lipinski definition) is 0. The molecule has 4 heteroatoms. The fourth-order valence-electron chi connectivity index (χ4n) is 1.83. The average molecular weight is 405 g/mol. The van der Waals surface area contributed by atoms with Crippen molar-refractivity contribution in [3.8, 4) is 5.75 Å². The number of halogens is 3. The molecule has 0 aliphatic carbocycles. The molecule has 19 heavy (non-hydrogen) atoms. The van der Waals surface area contributed by atoms with E-state index in [-0.39, 0.29) is 0 Å². The van der Waals surface area contributed by atoms with Crippen LogP contribution in [-0.4, -0.2) is 6.61 Å². The first kappa shape index (κ1) is 14.9.